The monoisotopic (exact) mass is 311 g/mol. The van der Waals surface area contributed by atoms with Crippen LogP contribution in [0.3, 0.4) is 0 Å². The highest BCUT2D eigenvalue weighted by Crippen LogP contribution is 2.29. The number of hydrogen-bond acceptors (Lipinski definition) is 2. The summed E-state index contributed by atoms with van der Waals surface area (Å²) >= 11 is 3.61. The second-order valence-electron chi connectivity index (χ2n) is 5.06. The van der Waals surface area contributed by atoms with Crippen molar-refractivity contribution in [3.05, 3.63) is 0 Å². The van der Waals surface area contributed by atoms with E-state index in [4.69, 9.17) is 0 Å². The average molecular weight is 312 g/mol. The molecule has 1 rings (SSSR count). The molecule has 1 aliphatic carbocycles. The predicted octanol–water partition coefficient (Wildman–Crippen LogP) is 2.61. The molecular formula is C11H22BrNO2S. The summed E-state index contributed by atoms with van der Waals surface area (Å²) in [6, 6.07) is 0.137. The Morgan fingerprint density at radius 1 is 1.31 bits per heavy atom. The van der Waals surface area contributed by atoms with Crippen LogP contribution in [0.15, 0.2) is 0 Å². The van der Waals surface area contributed by atoms with E-state index in [-0.39, 0.29) is 17.7 Å². The standard InChI is InChI=1S/C11H22BrNO2S/c1-9(2)8-16(14,15)13(3)11-7-5-4-6-10(11)12/h9-11H,4-8H2,1-3H3. The molecule has 0 aliphatic heterocycles. The normalized spacial score (nSPS) is 27.6. The van der Waals surface area contributed by atoms with Crippen LogP contribution in [0, 0.1) is 5.92 Å². The molecule has 0 N–H and O–H groups in total. The lowest BCUT2D eigenvalue weighted by molar-refractivity contribution is 0.296. The summed E-state index contributed by atoms with van der Waals surface area (Å²) in [4.78, 5) is 0.313. The Kier molecular flexibility index (Phi) is 5.26. The second kappa shape index (κ2) is 5.83. The SMILES string of the molecule is CC(C)CS(=O)(=O)N(C)C1CCCCC1Br. The summed E-state index contributed by atoms with van der Waals surface area (Å²) < 4.78 is 25.8. The van der Waals surface area contributed by atoms with Crippen LogP contribution in [-0.4, -0.2) is 36.4 Å². The highest BCUT2D eigenvalue weighted by molar-refractivity contribution is 9.09. The maximum Gasteiger partial charge on any atom is 0.214 e. The molecule has 2 atom stereocenters. The molecule has 0 spiro atoms. The number of alkyl halides is 1. The van der Waals surface area contributed by atoms with Gasteiger partial charge in [0.15, 0.2) is 0 Å². The van der Waals surface area contributed by atoms with Gasteiger partial charge in [-0.15, -0.1) is 0 Å². The molecule has 0 amide bonds. The largest absolute Gasteiger partial charge is 0.214 e. The Morgan fingerprint density at radius 3 is 2.38 bits per heavy atom. The van der Waals surface area contributed by atoms with Gasteiger partial charge in [-0.1, -0.05) is 42.6 Å². The highest BCUT2D eigenvalue weighted by Gasteiger charge is 2.32. The Hall–Kier alpha value is 0.390. The molecule has 3 nitrogen and oxygen atoms in total. The Bertz CT molecular complexity index is 316. The minimum Gasteiger partial charge on any atom is -0.212 e. The molecule has 1 aliphatic rings. The van der Waals surface area contributed by atoms with Crippen LogP contribution < -0.4 is 0 Å². The molecule has 0 radical (unpaired) electrons. The third-order valence-corrected chi connectivity index (χ3v) is 6.40. The second-order valence-corrected chi connectivity index (χ2v) is 8.31. The van der Waals surface area contributed by atoms with E-state index in [1.807, 2.05) is 13.8 Å². The smallest absolute Gasteiger partial charge is 0.212 e. The molecule has 16 heavy (non-hydrogen) atoms. The fraction of sp³-hybridized carbons (Fsp3) is 1.00. The minimum absolute atomic E-state index is 0.137. The van der Waals surface area contributed by atoms with Gasteiger partial charge in [-0.25, -0.2) is 12.7 Å². The van der Waals surface area contributed by atoms with Crippen molar-refractivity contribution in [1.29, 1.82) is 0 Å². The van der Waals surface area contributed by atoms with Gasteiger partial charge in [-0.2, -0.15) is 0 Å². The number of hydrogen-bond donors (Lipinski definition) is 0. The van der Waals surface area contributed by atoms with Crippen molar-refractivity contribution in [3.8, 4) is 0 Å². The summed E-state index contributed by atoms with van der Waals surface area (Å²) in [5.41, 5.74) is 0. The van der Waals surface area contributed by atoms with Gasteiger partial charge >= 0.3 is 0 Å². The predicted molar refractivity (Wildman–Crippen MR) is 71.4 cm³/mol. The van der Waals surface area contributed by atoms with Crippen molar-refractivity contribution < 1.29 is 8.42 Å². The van der Waals surface area contributed by atoms with Crippen LogP contribution in [-0.2, 0) is 10.0 Å². The minimum atomic E-state index is -3.09. The molecule has 0 saturated heterocycles. The van der Waals surface area contributed by atoms with Crippen LogP contribution in [0.4, 0.5) is 0 Å². The molecule has 96 valence electrons. The van der Waals surface area contributed by atoms with Gasteiger partial charge in [0.1, 0.15) is 0 Å². The van der Waals surface area contributed by atoms with Gasteiger partial charge in [-0.3, -0.25) is 0 Å². The van der Waals surface area contributed by atoms with Gasteiger partial charge in [0.25, 0.3) is 0 Å². The average Bonchev–Trinajstić information content (AvgIpc) is 2.15. The maximum atomic E-state index is 12.1. The van der Waals surface area contributed by atoms with Crippen molar-refractivity contribution >= 4 is 26.0 Å². The Labute approximate surface area is 108 Å². The van der Waals surface area contributed by atoms with E-state index in [0.29, 0.717) is 4.83 Å². The Morgan fingerprint density at radius 2 is 1.88 bits per heavy atom. The lowest BCUT2D eigenvalue weighted by Crippen LogP contribution is -2.45. The first kappa shape index (κ1) is 14.5. The number of sulfonamides is 1. The third-order valence-electron chi connectivity index (χ3n) is 3.10. The van der Waals surface area contributed by atoms with Crippen LogP contribution in [0.2, 0.25) is 0 Å². The lowest BCUT2D eigenvalue weighted by atomic mass is 9.96. The first-order chi connectivity index (χ1) is 7.34. The van der Waals surface area contributed by atoms with Crippen molar-refractivity contribution in [2.24, 2.45) is 5.92 Å². The summed E-state index contributed by atoms with van der Waals surface area (Å²) in [6.07, 6.45) is 4.38. The van der Waals surface area contributed by atoms with Crippen LogP contribution in [0.1, 0.15) is 39.5 Å². The van der Waals surface area contributed by atoms with Gasteiger partial charge in [0, 0.05) is 17.9 Å². The molecular weight excluding hydrogens is 290 g/mol. The first-order valence-electron chi connectivity index (χ1n) is 5.94. The topological polar surface area (TPSA) is 37.4 Å². The van der Waals surface area contributed by atoms with E-state index in [0.717, 1.165) is 19.3 Å². The zero-order valence-corrected chi connectivity index (χ0v) is 12.7. The molecule has 0 bridgehead atoms. The van der Waals surface area contributed by atoms with E-state index in [2.05, 4.69) is 15.9 Å². The van der Waals surface area contributed by atoms with E-state index in [1.165, 1.54) is 6.42 Å². The van der Waals surface area contributed by atoms with Crippen molar-refractivity contribution in [3.63, 3.8) is 0 Å². The molecule has 1 saturated carbocycles. The van der Waals surface area contributed by atoms with Gasteiger partial charge in [0.05, 0.1) is 5.75 Å². The van der Waals surface area contributed by atoms with Crippen molar-refractivity contribution in [2.75, 3.05) is 12.8 Å². The van der Waals surface area contributed by atoms with Gasteiger partial charge in [0.2, 0.25) is 10.0 Å². The molecule has 0 heterocycles. The molecule has 0 aromatic rings. The summed E-state index contributed by atoms with van der Waals surface area (Å²) in [5.74, 6) is 0.435. The molecule has 2 unspecified atom stereocenters. The summed E-state index contributed by atoms with van der Waals surface area (Å²) in [7, 11) is -1.36. The van der Waals surface area contributed by atoms with E-state index >= 15 is 0 Å². The molecule has 0 aromatic heterocycles. The fourth-order valence-corrected chi connectivity index (χ4v) is 5.06. The first-order valence-corrected chi connectivity index (χ1v) is 8.47. The van der Waals surface area contributed by atoms with Gasteiger partial charge in [-0.05, 0) is 18.8 Å². The summed E-state index contributed by atoms with van der Waals surface area (Å²) in [6.45, 7) is 3.88. The van der Waals surface area contributed by atoms with Crippen molar-refractivity contribution in [2.45, 2.75) is 50.4 Å². The quantitative estimate of drug-likeness (QED) is 0.748. The Balaban J connectivity index is 2.71. The number of nitrogens with zero attached hydrogens (tertiary/aromatic N) is 1. The fourth-order valence-electron chi connectivity index (χ4n) is 2.22. The molecule has 1 fully saturated rings. The van der Waals surface area contributed by atoms with E-state index in [1.54, 1.807) is 11.4 Å². The zero-order chi connectivity index (χ0) is 12.3. The summed E-state index contributed by atoms with van der Waals surface area (Å²) in [5, 5.41) is 0. The zero-order valence-electron chi connectivity index (χ0n) is 10.3. The molecule has 5 heteroatoms. The maximum absolute atomic E-state index is 12.1. The van der Waals surface area contributed by atoms with E-state index in [9.17, 15) is 8.42 Å². The van der Waals surface area contributed by atoms with Crippen LogP contribution in [0.25, 0.3) is 0 Å². The molecule has 0 aromatic carbocycles. The van der Waals surface area contributed by atoms with Crippen molar-refractivity contribution in [1.82, 2.24) is 4.31 Å². The van der Waals surface area contributed by atoms with Crippen LogP contribution >= 0.6 is 15.9 Å². The lowest BCUT2D eigenvalue weighted by Gasteiger charge is -2.34. The number of halogens is 1. The van der Waals surface area contributed by atoms with E-state index < -0.39 is 10.0 Å². The van der Waals surface area contributed by atoms with Crippen LogP contribution in [0.5, 0.6) is 0 Å². The third kappa shape index (κ3) is 3.70. The highest BCUT2D eigenvalue weighted by atomic mass is 79.9. The number of rotatable bonds is 4. The van der Waals surface area contributed by atoms with Gasteiger partial charge < -0.3 is 0 Å².